The molecule has 2 heterocycles. The normalized spacial score (nSPS) is 11.0. The van der Waals surface area contributed by atoms with Gasteiger partial charge in [-0.05, 0) is 13.0 Å². The summed E-state index contributed by atoms with van der Waals surface area (Å²) in [5.74, 6) is 2.66. The molecular weight excluding hydrogens is 390 g/mol. The first-order valence-electron chi connectivity index (χ1n) is 8.84. The Morgan fingerprint density at radius 1 is 1.03 bits per heavy atom. The van der Waals surface area contributed by atoms with E-state index in [1.807, 2.05) is 31.2 Å². The standard InChI is InChI=1S/C20H19N5O3S/c1-11-4-6-12(7-5-11)18-23-20(25-24-18)29-10-17-21-14-9-16(28-3)15(27-2)8-13(14)19(26)22-17/h4-9H,10H2,1-3H3,(H,21,22,26)(H,23,24,25). The van der Waals surface area contributed by atoms with E-state index in [1.165, 1.54) is 24.4 Å². The summed E-state index contributed by atoms with van der Waals surface area (Å²) in [7, 11) is 3.07. The third-order valence-electron chi connectivity index (χ3n) is 4.39. The van der Waals surface area contributed by atoms with Crippen LogP contribution in [-0.2, 0) is 5.75 Å². The predicted molar refractivity (Wildman–Crippen MR) is 112 cm³/mol. The van der Waals surface area contributed by atoms with Gasteiger partial charge in [0.05, 0.1) is 30.9 Å². The van der Waals surface area contributed by atoms with E-state index >= 15 is 0 Å². The summed E-state index contributed by atoms with van der Waals surface area (Å²) in [6.45, 7) is 2.04. The molecule has 148 valence electrons. The van der Waals surface area contributed by atoms with Gasteiger partial charge in [-0.3, -0.25) is 9.89 Å². The maximum atomic E-state index is 12.5. The van der Waals surface area contributed by atoms with Gasteiger partial charge in [-0.1, -0.05) is 41.6 Å². The lowest BCUT2D eigenvalue weighted by atomic mass is 10.1. The van der Waals surface area contributed by atoms with Crippen molar-refractivity contribution >= 4 is 22.7 Å². The van der Waals surface area contributed by atoms with Gasteiger partial charge in [-0.15, -0.1) is 5.10 Å². The molecule has 0 amide bonds. The molecule has 0 saturated carbocycles. The molecule has 0 radical (unpaired) electrons. The molecule has 2 N–H and O–H groups in total. The number of hydrogen-bond donors (Lipinski definition) is 2. The molecule has 0 fully saturated rings. The first-order valence-corrected chi connectivity index (χ1v) is 9.83. The lowest BCUT2D eigenvalue weighted by molar-refractivity contribution is 0.355. The van der Waals surface area contributed by atoms with E-state index in [1.54, 1.807) is 19.2 Å². The second-order valence-electron chi connectivity index (χ2n) is 6.36. The average molecular weight is 409 g/mol. The molecule has 0 atom stereocenters. The summed E-state index contributed by atoms with van der Waals surface area (Å²) in [6, 6.07) is 11.4. The number of H-pyrrole nitrogens is 2. The first-order chi connectivity index (χ1) is 14.1. The molecule has 0 aliphatic heterocycles. The Labute approximate surface area is 170 Å². The molecule has 4 aromatic rings. The number of benzene rings is 2. The number of aryl methyl sites for hydroxylation is 1. The van der Waals surface area contributed by atoms with Gasteiger partial charge in [-0.2, -0.15) is 0 Å². The molecule has 0 saturated heterocycles. The van der Waals surface area contributed by atoms with Crippen LogP contribution in [0.4, 0.5) is 0 Å². The van der Waals surface area contributed by atoms with Crippen LogP contribution in [0, 0.1) is 6.92 Å². The van der Waals surface area contributed by atoms with E-state index in [2.05, 4.69) is 25.1 Å². The van der Waals surface area contributed by atoms with Crippen molar-refractivity contribution in [2.45, 2.75) is 17.8 Å². The third kappa shape index (κ3) is 3.95. The molecule has 2 aromatic heterocycles. The maximum Gasteiger partial charge on any atom is 0.258 e. The first kappa shape index (κ1) is 19.0. The van der Waals surface area contributed by atoms with Crippen molar-refractivity contribution in [1.29, 1.82) is 0 Å². The van der Waals surface area contributed by atoms with Crippen LogP contribution in [0.25, 0.3) is 22.3 Å². The van der Waals surface area contributed by atoms with Crippen LogP contribution in [0.3, 0.4) is 0 Å². The minimum atomic E-state index is -0.234. The highest BCUT2D eigenvalue weighted by Crippen LogP contribution is 2.30. The largest absolute Gasteiger partial charge is 0.493 e. The summed E-state index contributed by atoms with van der Waals surface area (Å²) in [5, 5.41) is 8.20. The summed E-state index contributed by atoms with van der Waals surface area (Å²) in [6.07, 6.45) is 0. The molecule has 2 aromatic carbocycles. The molecule has 0 bridgehead atoms. The number of rotatable bonds is 6. The van der Waals surface area contributed by atoms with Gasteiger partial charge in [0.25, 0.3) is 5.56 Å². The Bertz CT molecular complexity index is 1220. The minimum Gasteiger partial charge on any atom is -0.493 e. The second-order valence-corrected chi connectivity index (χ2v) is 7.30. The number of aromatic amines is 2. The van der Waals surface area contributed by atoms with Crippen molar-refractivity contribution in [3.63, 3.8) is 0 Å². The number of ether oxygens (including phenoxy) is 2. The number of nitrogens with zero attached hydrogens (tertiary/aromatic N) is 3. The van der Waals surface area contributed by atoms with Gasteiger partial charge < -0.3 is 14.5 Å². The van der Waals surface area contributed by atoms with Crippen molar-refractivity contribution in [2.24, 2.45) is 0 Å². The number of thioether (sulfide) groups is 1. The SMILES string of the molecule is COc1cc2nc(CSc3n[nH]c(-c4ccc(C)cc4)n3)[nH]c(=O)c2cc1OC. The highest BCUT2D eigenvalue weighted by Gasteiger charge is 2.12. The third-order valence-corrected chi connectivity index (χ3v) is 5.25. The van der Waals surface area contributed by atoms with Crippen molar-refractivity contribution < 1.29 is 9.47 Å². The summed E-state index contributed by atoms with van der Waals surface area (Å²) in [5.41, 5.74) is 2.45. The Kier molecular flexibility index (Phi) is 5.22. The van der Waals surface area contributed by atoms with Gasteiger partial charge in [0.1, 0.15) is 5.82 Å². The lowest BCUT2D eigenvalue weighted by Gasteiger charge is -2.09. The van der Waals surface area contributed by atoms with E-state index in [-0.39, 0.29) is 5.56 Å². The maximum absolute atomic E-state index is 12.5. The zero-order valence-corrected chi connectivity index (χ0v) is 17.0. The fourth-order valence-corrected chi connectivity index (χ4v) is 3.54. The number of nitrogens with one attached hydrogen (secondary N) is 2. The Morgan fingerprint density at radius 3 is 2.48 bits per heavy atom. The van der Waals surface area contributed by atoms with Crippen LogP contribution in [0.1, 0.15) is 11.4 Å². The monoisotopic (exact) mass is 409 g/mol. The minimum absolute atomic E-state index is 0.234. The van der Waals surface area contributed by atoms with E-state index in [4.69, 9.17) is 9.47 Å². The molecule has 0 unspecified atom stereocenters. The van der Waals surface area contributed by atoms with Crippen LogP contribution >= 0.6 is 11.8 Å². The fourth-order valence-electron chi connectivity index (χ4n) is 2.87. The number of aromatic nitrogens is 5. The van der Waals surface area contributed by atoms with Gasteiger partial charge in [0.2, 0.25) is 5.16 Å². The smallest absolute Gasteiger partial charge is 0.258 e. The van der Waals surface area contributed by atoms with E-state index in [0.717, 1.165) is 5.56 Å². The predicted octanol–water partition coefficient (Wildman–Crippen LogP) is 3.33. The Hall–Kier alpha value is -3.33. The molecule has 0 aliphatic carbocycles. The van der Waals surface area contributed by atoms with Crippen LogP contribution in [0.15, 0.2) is 46.3 Å². The highest BCUT2D eigenvalue weighted by atomic mass is 32.2. The van der Waals surface area contributed by atoms with Crippen molar-refractivity contribution in [3.05, 3.63) is 58.1 Å². The van der Waals surface area contributed by atoms with Gasteiger partial charge in [-0.25, -0.2) is 9.97 Å². The topological polar surface area (TPSA) is 106 Å². The van der Waals surface area contributed by atoms with E-state index in [9.17, 15) is 4.79 Å². The average Bonchev–Trinajstić information content (AvgIpc) is 3.21. The van der Waals surface area contributed by atoms with Crippen LogP contribution in [0.2, 0.25) is 0 Å². The zero-order chi connectivity index (χ0) is 20.4. The molecule has 29 heavy (non-hydrogen) atoms. The van der Waals surface area contributed by atoms with Gasteiger partial charge in [0, 0.05) is 11.6 Å². The Balaban J connectivity index is 1.55. The highest BCUT2D eigenvalue weighted by molar-refractivity contribution is 7.98. The van der Waals surface area contributed by atoms with E-state index in [0.29, 0.717) is 45.0 Å². The molecule has 0 aliphatic rings. The lowest BCUT2D eigenvalue weighted by Crippen LogP contribution is -2.11. The zero-order valence-electron chi connectivity index (χ0n) is 16.1. The van der Waals surface area contributed by atoms with Crippen LogP contribution in [0.5, 0.6) is 11.5 Å². The number of fused-ring (bicyclic) bond motifs is 1. The van der Waals surface area contributed by atoms with Crippen LogP contribution in [-0.4, -0.2) is 39.4 Å². The summed E-state index contributed by atoms with van der Waals surface area (Å²) >= 11 is 1.38. The fraction of sp³-hybridized carbons (Fsp3) is 0.200. The quantitative estimate of drug-likeness (QED) is 0.471. The van der Waals surface area contributed by atoms with Gasteiger partial charge in [0.15, 0.2) is 17.3 Å². The second kappa shape index (κ2) is 7.96. The van der Waals surface area contributed by atoms with Crippen molar-refractivity contribution in [1.82, 2.24) is 25.1 Å². The van der Waals surface area contributed by atoms with Crippen LogP contribution < -0.4 is 15.0 Å². The van der Waals surface area contributed by atoms with E-state index < -0.39 is 0 Å². The molecule has 4 rings (SSSR count). The molecule has 8 nitrogen and oxygen atoms in total. The Morgan fingerprint density at radius 2 is 1.76 bits per heavy atom. The summed E-state index contributed by atoms with van der Waals surface area (Å²) < 4.78 is 10.5. The molecule has 9 heteroatoms. The number of methoxy groups -OCH3 is 2. The molecular formula is C20H19N5O3S. The van der Waals surface area contributed by atoms with Crippen molar-refractivity contribution in [3.8, 4) is 22.9 Å². The van der Waals surface area contributed by atoms with Crippen molar-refractivity contribution in [2.75, 3.05) is 14.2 Å². The van der Waals surface area contributed by atoms with Gasteiger partial charge >= 0.3 is 0 Å². The number of hydrogen-bond acceptors (Lipinski definition) is 7. The molecule has 0 spiro atoms. The summed E-state index contributed by atoms with van der Waals surface area (Å²) in [4.78, 5) is 24.3.